The van der Waals surface area contributed by atoms with Crippen molar-refractivity contribution in [3.63, 3.8) is 0 Å². The van der Waals surface area contributed by atoms with Crippen molar-refractivity contribution in [2.24, 2.45) is 5.92 Å². The number of unbranched alkanes of at least 4 members (excludes halogenated alkanes) is 1. The van der Waals surface area contributed by atoms with Crippen LogP contribution in [0.2, 0.25) is 0 Å². The molecule has 1 heteroatoms. The van der Waals surface area contributed by atoms with Crippen molar-refractivity contribution < 1.29 is 0 Å². The highest BCUT2D eigenvalue weighted by Crippen LogP contribution is 2.20. The standard InChI is InChI=1S/C12H20S/c1-3-4-8-13-9-7-12-6-5-11(2)10-12/h5-6,10-11H,3-4,7-9H2,1-2H3. The lowest BCUT2D eigenvalue weighted by molar-refractivity contribution is 0.895. The summed E-state index contributed by atoms with van der Waals surface area (Å²) >= 11 is 2.09. The highest BCUT2D eigenvalue weighted by Gasteiger charge is 2.03. The van der Waals surface area contributed by atoms with Gasteiger partial charge in [0.25, 0.3) is 0 Å². The van der Waals surface area contributed by atoms with E-state index in [9.17, 15) is 0 Å². The third-order valence-electron chi connectivity index (χ3n) is 2.27. The minimum absolute atomic E-state index is 0.677. The average molecular weight is 196 g/mol. The number of hydrogen-bond acceptors (Lipinski definition) is 1. The molecule has 0 amide bonds. The van der Waals surface area contributed by atoms with Crippen LogP contribution >= 0.6 is 11.8 Å². The minimum Gasteiger partial charge on any atom is -0.162 e. The first kappa shape index (κ1) is 10.9. The lowest BCUT2D eigenvalue weighted by Gasteiger charge is -2.00. The van der Waals surface area contributed by atoms with Gasteiger partial charge in [0.15, 0.2) is 0 Å². The maximum Gasteiger partial charge on any atom is -0.00271 e. The van der Waals surface area contributed by atoms with Gasteiger partial charge in [0.2, 0.25) is 0 Å². The van der Waals surface area contributed by atoms with Gasteiger partial charge in [0.1, 0.15) is 0 Å². The Morgan fingerprint density at radius 1 is 1.38 bits per heavy atom. The van der Waals surface area contributed by atoms with E-state index in [-0.39, 0.29) is 0 Å². The van der Waals surface area contributed by atoms with E-state index in [0.29, 0.717) is 5.92 Å². The Balaban J connectivity index is 2.00. The smallest absolute Gasteiger partial charge is 0.00271 e. The first-order valence-corrected chi connectivity index (χ1v) is 6.45. The van der Waals surface area contributed by atoms with Crippen LogP contribution in [0.25, 0.3) is 0 Å². The Labute approximate surface area is 86.5 Å². The van der Waals surface area contributed by atoms with E-state index in [0.717, 1.165) is 0 Å². The molecule has 0 spiro atoms. The molecule has 0 N–H and O–H groups in total. The van der Waals surface area contributed by atoms with Gasteiger partial charge in [-0.3, -0.25) is 0 Å². The molecule has 1 unspecified atom stereocenters. The molecule has 0 saturated heterocycles. The van der Waals surface area contributed by atoms with Crippen LogP contribution in [-0.2, 0) is 0 Å². The summed E-state index contributed by atoms with van der Waals surface area (Å²) in [6.45, 7) is 4.50. The third kappa shape index (κ3) is 4.56. The van der Waals surface area contributed by atoms with Gasteiger partial charge in [-0.25, -0.2) is 0 Å². The molecular formula is C12H20S. The molecule has 1 aliphatic rings. The second-order valence-corrected chi connectivity index (χ2v) is 4.90. The molecule has 0 aromatic rings. The van der Waals surface area contributed by atoms with E-state index < -0.39 is 0 Å². The zero-order chi connectivity index (χ0) is 9.52. The van der Waals surface area contributed by atoms with Gasteiger partial charge in [-0.1, -0.05) is 44.1 Å². The molecule has 1 atom stereocenters. The van der Waals surface area contributed by atoms with E-state index in [1.54, 1.807) is 0 Å². The molecule has 0 aromatic heterocycles. The number of hydrogen-bond donors (Lipinski definition) is 0. The molecule has 13 heavy (non-hydrogen) atoms. The fraction of sp³-hybridized carbons (Fsp3) is 0.667. The molecule has 0 fully saturated rings. The topological polar surface area (TPSA) is 0 Å². The van der Waals surface area contributed by atoms with Crippen LogP contribution in [0.1, 0.15) is 33.1 Å². The number of allylic oxidation sites excluding steroid dienone is 4. The van der Waals surface area contributed by atoms with Crippen molar-refractivity contribution >= 4 is 11.8 Å². The van der Waals surface area contributed by atoms with Gasteiger partial charge >= 0.3 is 0 Å². The van der Waals surface area contributed by atoms with Crippen LogP contribution in [0.15, 0.2) is 23.8 Å². The molecule has 1 aliphatic carbocycles. The van der Waals surface area contributed by atoms with Gasteiger partial charge in [-0.05, 0) is 30.3 Å². The maximum absolute atomic E-state index is 2.38. The fourth-order valence-electron chi connectivity index (χ4n) is 1.43. The van der Waals surface area contributed by atoms with E-state index >= 15 is 0 Å². The molecule has 0 heterocycles. The molecule has 0 aromatic carbocycles. The Morgan fingerprint density at radius 2 is 2.23 bits per heavy atom. The minimum atomic E-state index is 0.677. The number of rotatable bonds is 6. The quantitative estimate of drug-likeness (QED) is 0.578. The lowest BCUT2D eigenvalue weighted by Crippen LogP contribution is -1.85. The van der Waals surface area contributed by atoms with Crippen molar-refractivity contribution in [1.82, 2.24) is 0 Å². The van der Waals surface area contributed by atoms with E-state index in [1.807, 2.05) is 0 Å². The second kappa shape index (κ2) is 6.31. The monoisotopic (exact) mass is 196 g/mol. The largest absolute Gasteiger partial charge is 0.162 e. The Hall–Kier alpha value is -0.170. The number of thioether (sulfide) groups is 1. The van der Waals surface area contributed by atoms with Crippen molar-refractivity contribution in [3.8, 4) is 0 Å². The summed E-state index contributed by atoms with van der Waals surface area (Å²) in [4.78, 5) is 0. The molecule has 1 rings (SSSR count). The van der Waals surface area contributed by atoms with Crippen LogP contribution in [0.5, 0.6) is 0 Å². The first-order chi connectivity index (χ1) is 6.33. The van der Waals surface area contributed by atoms with Gasteiger partial charge in [0.05, 0.1) is 0 Å². The second-order valence-electron chi connectivity index (χ2n) is 3.68. The van der Waals surface area contributed by atoms with Crippen LogP contribution in [0.3, 0.4) is 0 Å². The Kier molecular flexibility index (Phi) is 5.29. The van der Waals surface area contributed by atoms with Crippen molar-refractivity contribution in [2.75, 3.05) is 11.5 Å². The molecule has 0 bridgehead atoms. The summed E-state index contributed by atoms with van der Waals surface area (Å²) in [6.07, 6.45) is 10.9. The van der Waals surface area contributed by atoms with E-state index in [4.69, 9.17) is 0 Å². The Morgan fingerprint density at radius 3 is 2.85 bits per heavy atom. The zero-order valence-electron chi connectivity index (χ0n) is 8.75. The fourth-order valence-corrected chi connectivity index (χ4v) is 2.51. The average Bonchev–Trinajstić information content (AvgIpc) is 2.51. The first-order valence-electron chi connectivity index (χ1n) is 5.29. The van der Waals surface area contributed by atoms with Crippen LogP contribution in [0, 0.1) is 5.92 Å². The van der Waals surface area contributed by atoms with E-state index in [2.05, 4.69) is 43.8 Å². The molecule has 0 radical (unpaired) electrons. The van der Waals surface area contributed by atoms with Gasteiger partial charge in [-0.2, -0.15) is 11.8 Å². The van der Waals surface area contributed by atoms with Crippen LogP contribution in [-0.4, -0.2) is 11.5 Å². The molecule has 0 nitrogen and oxygen atoms in total. The molecule has 74 valence electrons. The van der Waals surface area contributed by atoms with Crippen molar-refractivity contribution in [2.45, 2.75) is 33.1 Å². The highest BCUT2D eigenvalue weighted by atomic mass is 32.2. The summed E-state index contributed by atoms with van der Waals surface area (Å²) in [6, 6.07) is 0. The van der Waals surface area contributed by atoms with E-state index in [1.165, 1.54) is 36.3 Å². The summed E-state index contributed by atoms with van der Waals surface area (Å²) in [5, 5.41) is 0. The predicted molar refractivity (Wildman–Crippen MR) is 63.2 cm³/mol. The summed E-state index contributed by atoms with van der Waals surface area (Å²) < 4.78 is 0. The normalized spacial score (nSPS) is 20.8. The third-order valence-corrected chi connectivity index (χ3v) is 3.34. The molecule has 0 saturated carbocycles. The van der Waals surface area contributed by atoms with Gasteiger partial charge < -0.3 is 0 Å². The van der Waals surface area contributed by atoms with Crippen molar-refractivity contribution in [3.05, 3.63) is 23.8 Å². The summed E-state index contributed by atoms with van der Waals surface area (Å²) in [5.74, 6) is 3.31. The predicted octanol–water partition coefficient (Wildman–Crippen LogP) is 4.04. The van der Waals surface area contributed by atoms with Crippen molar-refractivity contribution in [1.29, 1.82) is 0 Å². The maximum atomic E-state index is 2.38. The summed E-state index contributed by atoms with van der Waals surface area (Å²) in [7, 11) is 0. The van der Waals surface area contributed by atoms with Gasteiger partial charge in [0, 0.05) is 0 Å². The summed E-state index contributed by atoms with van der Waals surface area (Å²) in [5.41, 5.74) is 1.54. The van der Waals surface area contributed by atoms with Crippen LogP contribution < -0.4 is 0 Å². The Bertz CT molecular complexity index is 191. The zero-order valence-corrected chi connectivity index (χ0v) is 9.57. The van der Waals surface area contributed by atoms with Crippen LogP contribution in [0.4, 0.5) is 0 Å². The SMILES string of the molecule is CCCCSCCC1=CC(C)C=C1. The lowest BCUT2D eigenvalue weighted by atomic mass is 10.2. The molecular weight excluding hydrogens is 176 g/mol. The highest BCUT2D eigenvalue weighted by molar-refractivity contribution is 7.99. The van der Waals surface area contributed by atoms with Gasteiger partial charge in [-0.15, -0.1) is 0 Å². The molecule has 0 aliphatic heterocycles.